The van der Waals surface area contributed by atoms with Crippen molar-refractivity contribution in [2.24, 2.45) is 12.5 Å². The molecule has 0 aliphatic heterocycles. The van der Waals surface area contributed by atoms with Crippen LogP contribution < -0.4 is 5.32 Å². The molecule has 1 aliphatic carbocycles. The van der Waals surface area contributed by atoms with E-state index < -0.39 is 11.4 Å². The topological polar surface area (TPSA) is 84.2 Å². The molecule has 1 saturated carbocycles. The van der Waals surface area contributed by atoms with Crippen molar-refractivity contribution < 1.29 is 14.7 Å². The molecule has 110 valence electrons. The Morgan fingerprint density at radius 1 is 1.40 bits per heavy atom. The van der Waals surface area contributed by atoms with Crippen LogP contribution in [0.25, 0.3) is 0 Å². The van der Waals surface area contributed by atoms with Gasteiger partial charge in [0.15, 0.2) is 0 Å². The summed E-state index contributed by atoms with van der Waals surface area (Å²) in [6.07, 6.45) is 5.78. The van der Waals surface area contributed by atoms with Crippen molar-refractivity contribution in [2.45, 2.75) is 45.1 Å². The normalized spacial score (nSPS) is 17.6. The number of carbonyl (C=O) groups is 2. The lowest BCUT2D eigenvalue weighted by molar-refractivity contribution is -0.154. The van der Waals surface area contributed by atoms with Crippen LogP contribution >= 0.6 is 0 Å². The van der Waals surface area contributed by atoms with Crippen LogP contribution in [-0.4, -0.2) is 26.8 Å². The number of carboxylic acid groups (broad SMARTS) is 1. The summed E-state index contributed by atoms with van der Waals surface area (Å²) in [6.45, 7) is 0.380. The third-order valence-corrected chi connectivity index (χ3v) is 4.15. The summed E-state index contributed by atoms with van der Waals surface area (Å²) >= 11 is 0. The lowest BCUT2D eigenvalue weighted by atomic mass is 9.71. The first-order chi connectivity index (χ1) is 9.53. The highest BCUT2D eigenvalue weighted by atomic mass is 16.4. The molecule has 1 aromatic heterocycles. The molecule has 0 spiro atoms. The molecule has 0 bridgehead atoms. The molecule has 0 aromatic carbocycles. The third-order valence-electron chi connectivity index (χ3n) is 4.15. The Morgan fingerprint density at radius 3 is 2.65 bits per heavy atom. The number of aryl methyl sites for hydroxylation is 1. The molecule has 1 aromatic rings. The SMILES string of the molecule is Cn1nccc1CNC(=O)CC1(C(=O)O)CCCCC1. The molecule has 2 rings (SSSR count). The Labute approximate surface area is 118 Å². The van der Waals surface area contributed by atoms with Gasteiger partial charge in [0.05, 0.1) is 17.7 Å². The summed E-state index contributed by atoms with van der Waals surface area (Å²) in [5.74, 6) is -1.04. The minimum Gasteiger partial charge on any atom is -0.481 e. The molecular weight excluding hydrogens is 258 g/mol. The predicted molar refractivity (Wildman–Crippen MR) is 72.8 cm³/mol. The molecule has 0 atom stereocenters. The van der Waals surface area contributed by atoms with E-state index >= 15 is 0 Å². The maximum Gasteiger partial charge on any atom is 0.310 e. The van der Waals surface area contributed by atoms with E-state index in [-0.39, 0.29) is 12.3 Å². The van der Waals surface area contributed by atoms with Crippen LogP contribution in [0.4, 0.5) is 0 Å². The second-order valence-electron chi connectivity index (χ2n) is 5.55. The van der Waals surface area contributed by atoms with E-state index in [4.69, 9.17) is 0 Å². The van der Waals surface area contributed by atoms with Gasteiger partial charge in [-0.3, -0.25) is 14.3 Å². The summed E-state index contributed by atoms with van der Waals surface area (Å²) < 4.78 is 1.69. The number of aliphatic carboxylic acids is 1. The second-order valence-corrected chi connectivity index (χ2v) is 5.55. The maximum atomic E-state index is 12.0. The Morgan fingerprint density at radius 2 is 2.10 bits per heavy atom. The van der Waals surface area contributed by atoms with Crippen LogP contribution in [0.3, 0.4) is 0 Å². The van der Waals surface area contributed by atoms with Gasteiger partial charge in [0.25, 0.3) is 0 Å². The van der Waals surface area contributed by atoms with E-state index in [1.807, 2.05) is 6.07 Å². The monoisotopic (exact) mass is 279 g/mol. The van der Waals surface area contributed by atoms with E-state index in [1.165, 1.54) is 0 Å². The summed E-state index contributed by atoms with van der Waals surface area (Å²) in [6, 6.07) is 1.83. The number of amides is 1. The van der Waals surface area contributed by atoms with Gasteiger partial charge < -0.3 is 10.4 Å². The highest BCUT2D eigenvalue weighted by Gasteiger charge is 2.41. The lowest BCUT2D eigenvalue weighted by Crippen LogP contribution is -2.39. The first kappa shape index (κ1) is 14.6. The first-order valence-corrected chi connectivity index (χ1v) is 7.00. The van der Waals surface area contributed by atoms with Gasteiger partial charge in [-0.2, -0.15) is 5.10 Å². The van der Waals surface area contributed by atoms with Gasteiger partial charge in [-0.05, 0) is 18.9 Å². The number of hydrogen-bond acceptors (Lipinski definition) is 3. The van der Waals surface area contributed by atoms with Gasteiger partial charge in [-0.1, -0.05) is 19.3 Å². The Balaban J connectivity index is 1.92. The van der Waals surface area contributed by atoms with Crippen molar-refractivity contribution >= 4 is 11.9 Å². The molecule has 0 radical (unpaired) electrons. The fourth-order valence-corrected chi connectivity index (χ4v) is 2.83. The number of aromatic nitrogens is 2. The molecule has 0 unspecified atom stereocenters. The Bertz CT molecular complexity index is 490. The number of carboxylic acids is 1. The van der Waals surface area contributed by atoms with Gasteiger partial charge in [0.2, 0.25) is 5.91 Å². The van der Waals surface area contributed by atoms with Gasteiger partial charge in [-0.15, -0.1) is 0 Å². The zero-order valence-corrected chi connectivity index (χ0v) is 11.8. The first-order valence-electron chi connectivity index (χ1n) is 7.00. The number of carbonyl (C=O) groups excluding carboxylic acids is 1. The molecule has 0 saturated heterocycles. The Hall–Kier alpha value is -1.85. The van der Waals surface area contributed by atoms with Gasteiger partial charge in [0.1, 0.15) is 0 Å². The summed E-state index contributed by atoms with van der Waals surface area (Å²) in [5.41, 5.74) is 0.0285. The molecule has 20 heavy (non-hydrogen) atoms. The summed E-state index contributed by atoms with van der Waals surface area (Å²) in [4.78, 5) is 23.5. The van der Waals surface area contributed by atoms with Crippen molar-refractivity contribution in [1.82, 2.24) is 15.1 Å². The molecule has 1 heterocycles. The number of rotatable bonds is 5. The standard InChI is InChI=1S/C14H21N3O3/c1-17-11(5-8-16-17)10-15-12(18)9-14(13(19)20)6-3-2-4-7-14/h5,8H,2-4,6-7,9-10H2,1H3,(H,15,18)(H,19,20). The molecule has 6 nitrogen and oxygen atoms in total. The summed E-state index contributed by atoms with van der Waals surface area (Å²) in [5, 5.41) is 16.3. The van der Waals surface area contributed by atoms with E-state index in [9.17, 15) is 14.7 Å². The molecule has 6 heteroatoms. The lowest BCUT2D eigenvalue weighted by Gasteiger charge is -2.32. The smallest absolute Gasteiger partial charge is 0.310 e. The van der Waals surface area contributed by atoms with E-state index in [1.54, 1.807) is 17.9 Å². The van der Waals surface area contributed by atoms with Crippen LogP contribution in [0.2, 0.25) is 0 Å². The summed E-state index contributed by atoms with van der Waals surface area (Å²) in [7, 11) is 1.81. The largest absolute Gasteiger partial charge is 0.481 e. The zero-order chi connectivity index (χ0) is 14.6. The average Bonchev–Trinajstić information content (AvgIpc) is 2.83. The fraction of sp³-hybridized carbons (Fsp3) is 0.643. The van der Waals surface area contributed by atoms with Crippen molar-refractivity contribution in [2.75, 3.05) is 0 Å². The second kappa shape index (κ2) is 6.07. The van der Waals surface area contributed by atoms with Crippen molar-refractivity contribution in [3.63, 3.8) is 0 Å². The van der Waals surface area contributed by atoms with E-state index in [0.717, 1.165) is 25.0 Å². The fourth-order valence-electron chi connectivity index (χ4n) is 2.83. The van der Waals surface area contributed by atoms with E-state index in [0.29, 0.717) is 19.4 Å². The molecule has 1 fully saturated rings. The number of nitrogens with one attached hydrogen (secondary N) is 1. The average molecular weight is 279 g/mol. The van der Waals surface area contributed by atoms with Gasteiger partial charge in [0, 0.05) is 19.7 Å². The third kappa shape index (κ3) is 3.18. The Kier molecular flexibility index (Phi) is 4.42. The minimum absolute atomic E-state index is 0.0696. The van der Waals surface area contributed by atoms with Crippen LogP contribution in [0.1, 0.15) is 44.2 Å². The number of hydrogen-bond donors (Lipinski definition) is 2. The maximum absolute atomic E-state index is 12.0. The van der Waals surface area contributed by atoms with Crippen LogP contribution in [0.15, 0.2) is 12.3 Å². The van der Waals surface area contributed by atoms with Crippen LogP contribution in [0.5, 0.6) is 0 Å². The van der Waals surface area contributed by atoms with Crippen molar-refractivity contribution in [3.8, 4) is 0 Å². The molecule has 1 aliphatic rings. The van der Waals surface area contributed by atoms with E-state index in [2.05, 4.69) is 10.4 Å². The minimum atomic E-state index is -0.866. The molecule has 2 N–H and O–H groups in total. The highest BCUT2D eigenvalue weighted by Crippen LogP contribution is 2.39. The van der Waals surface area contributed by atoms with Crippen LogP contribution in [0, 0.1) is 5.41 Å². The zero-order valence-electron chi connectivity index (χ0n) is 11.8. The molecule has 1 amide bonds. The van der Waals surface area contributed by atoms with Gasteiger partial charge >= 0.3 is 5.97 Å². The number of nitrogens with zero attached hydrogens (tertiary/aromatic N) is 2. The predicted octanol–water partition coefficient (Wildman–Crippen LogP) is 1.46. The molecular formula is C14H21N3O3. The van der Waals surface area contributed by atoms with Gasteiger partial charge in [-0.25, -0.2) is 0 Å². The van der Waals surface area contributed by atoms with Crippen molar-refractivity contribution in [1.29, 1.82) is 0 Å². The highest BCUT2D eigenvalue weighted by molar-refractivity contribution is 5.85. The van der Waals surface area contributed by atoms with Crippen molar-refractivity contribution in [3.05, 3.63) is 18.0 Å². The van der Waals surface area contributed by atoms with Crippen LogP contribution in [-0.2, 0) is 23.2 Å². The quantitative estimate of drug-likeness (QED) is 0.854.